The van der Waals surface area contributed by atoms with Gasteiger partial charge in [-0.05, 0) is 49.8 Å². The van der Waals surface area contributed by atoms with Crippen molar-refractivity contribution < 1.29 is 14.7 Å². The molecular formula is C17H20ClNO3. The van der Waals surface area contributed by atoms with E-state index >= 15 is 0 Å². The van der Waals surface area contributed by atoms with Crippen molar-refractivity contribution in [3.63, 3.8) is 0 Å². The van der Waals surface area contributed by atoms with Crippen LogP contribution < -0.4 is 0 Å². The highest BCUT2D eigenvalue weighted by Crippen LogP contribution is 2.41. The molecule has 3 unspecified atom stereocenters. The summed E-state index contributed by atoms with van der Waals surface area (Å²) in [5.74, 6) is -0.846. The Hall–Kier alpha value is -1.55. The molecule has 0 aromatic heterocycles. The maximum atomic E-state index is 12.9. The molecule has 5 heteroatoms. The maximum Gasteiger partial charge on any atom is 0.326 e. The Balaban J connectivity index is 1.95. The van der Waals surface area contributed by atoms with E-state index in [-0.39, 0.29) is 11.9 Å². The lowest BCUT2D eigenvalue weighted by Gasteiger charge is -2.33. The molecule has 118 valence electrons. The van der Waals surface area contributed by atoms with Crippen LogP contribution in [0.5, 0.6) is 0 Å². The van der Waals surface area contributed by atoms with Crippen molar-refractivity contribution >= 4 is 23.5 Å². The van der Waals surface area contributed by atoms with Gasteiger partial charge in [-0.25, -0.2) is 4.79 Å². The van der Waals surface area contributed by atoms with Crippen molar-refractivity contribution in [3.05, 3.63) is 34.3 Å². The number of aliphatic carboxylic acids is 1. The Bertz CT molecular complexity index is 616. The van der Waals surface area contributed by atoms with Gasteiger partial charge in [0, 0.05) is 6.04 Å². The second-order valence-electron chi connectivity index (χ2n) is 6.40. The summed E-state index contributed by atoms with van der Waals surface area (Å²) in [4.78, 5) is 26.1. The van der Waals surface area contributed by atoms with Crippen molar-refractivity contribution in [3.8, 4) is 0 Å². The standard InChI is InChI=1S/C17H20ClNO3/c1-10-6-7-12(13(18)8-10)16(20)19-14-5-3-2-4-11(14)9-15(19)17(21)22/h6-8,11,14-15H,2-5,9H2,1H3,(H,21,22). The lowest BCUT2D eigenvalue weighted by Crippen LogP contribution is -2.46. The fourth-order valence-corrected chi connectivity index (χ4v) is 4.22. The molecule has 1 aliphatic heterocycles. The van der Waals surface area contributed by atoms with Crippen LogP contribution in [-0.4, -0.2) is 34.0 Å². The molecule has 22 heavy (non-hydrogen) atoms. The van der Waals surface area contributed by atoms with Crippen LogP contribution in [0, 0.1) is 12.8 Å². The molecule has 1 heterocycles. The summed E-state index contributed by atoms with van der Waals surface area (Å²) in [6.07, 6.45) is 4.65. The maximum absolute atomic E-state index is 12.9. The summed E-state index contributed by atoms with van der Waals surface area (Å²) in [5.41, 5.74) is 1.39. The first-order valence-corrected chi connectivity index (χ1v) is 8.18. The molecular weight excluding hydrogens is 302 g/mol. The quantitative estimate of drug-likeness (QED) is 0.907. The minimum absolute atomic E-state index is 0.0414. The Morgan fingerprint density at radius 1 is 1.27 bits per heavy atom. The van der Waals surface area contributed by atoms with Gasteiger partial charge in [0.05, 0.1) is 10.6 Å². The molecule has 0 bridgehead atoms. The number of carboxylic acid groups (broad SMARTS) is 1. The average Bonchev–Trinajstić information content (AvgIpc) is 2.86. The number of amides is 1. The summed E-state index contributed by atoms with van der Waals surface area (Å²) in [5, 5.41) is 9.91. The van der Waals surface area contributed by atoms with Crippen LogP contribution in [0.2, 0.25) is 5.02 Å². The molecule has 1 saturated carbocycles. The third kappa shape index (κ3) is 2.60. The van der Waals surface area contributed by atoms with Crippen LogP contribution in [0.1, 0.15) is 48.0 Å². The Labute approximate surface area is 135 Å². The number of hydrogen-bond donors (Lipinski definition) is 1. The van der Waals surface area contributed by atoms with Crippen molar-refractivity contribution in [1.29, 1.82) is 0 Å². The minimum atomic E-state index is -0.911. The molecule has 3 rings (SSSR count). The van der Waals surface area contributed by atoms with Crippen LogP contribution in [0.15, 0.2) is 18.2 Å². The minimum Gasteiger partial charge on any atom is -0.480 e. The van der Waals surface area contributed by atoms with Gasteiger partial charge in [-0.15, -0.1) is 0 Å². The van der Waals surface area contributed by atoms with Gasteiger partial charge in [0.15, 0.2) is 0 Å². The summed E-state index contributed by atoms with van der Waals surface area (Å²) >= 11 is 6.21. The molecule has 4 nitrogen and oxygen atoms in total. The highest BCUT2D eigenvalue weighted by atomic mass is 35.5. The molecule has 1 aromatic carbocycles. The Morgan fingerprint density at radius 3 is 2.68 bits per heavy atom. The lowest BCUT2D eigenvalue weighted by atomic mass is 9.84. The number of hydrogen-bond acceptors (Lipinski definition) is 2. The van der Waals surface area contributed by atoms with Crippen LogP contribution in [0.4, 0.5) is 0 Å². The number of aryl methyl sites for hydroxylation is 1. The van der Waals surface area contributed by atoms with E-state index in [0.29, 0.717) is 22.9 Å². The number of carboxylic acids is 1. The number of nitrogens with zero attached hydrogens (tertiary/aromatic N) is 1. The van der Waals surface area contributed by atoms with Gasteiger partial charge in [-0.2, -0.15) is 0 Å². The smallest absolute Gasteiger partial charge is 0.326 e. The molecule has 1 saturated heterocycles. The summed E-state index contributed by atoms with van der Waals surface area (Å²) in [6, 6.07) is 4.61. The van der Waals surface area contributed by atoms with Crippen LogP contribution in [0.3, 0.4) is 0 Å². The number of halogens is 1. The molecule has 2 aliphatic rings. The lowest BCUT2D eigenvalue weighted by molar-refractivity contribution is -0.141. The fourth-order valence-electron chi connectivity index (χ4n) is 3.91. The first kappa shape index (κ1) is 15.3. The predicted molar refractivity (Wildman–Crippen MR) is 84.1 cm³/mol. The number of fused-ring (bicyclic) bond motifs is 1. The fraction of sp³-hybridized carbons (Fsp3) is 0.529. The van der Waals surface area contributed by atoms with E-state index in [0.717, 1.165) is 31.2 Å². The largest absolute Gasteiger partial charge is 0.480 e. The van der Waals surface area contributed by atoms with Crippen molar-refractivity contribution in [2.75, 3.05) is 0 Å². The van der Waals surface area contributed by atoms with Gasteiger partial charge in [0.1, 0.15) is 6.04 Å². The van der Waals surface area contributed by atoms with Gasteiger partial charge >= 0.3 is 5.97 Å². The van der Waals surface area contributed by atoms with Crippen LogP contribution >= 0.6 is 11.6 Å². The summed E-state index contributed by atoms with van der Waals surface area (Å²) in [6.45, 7) is 1.91. The molecule has 3 atom stereocenters. The first-order valence-electron chi connectivity index (χ1n) is 7.80. The van der Waals surface area contributed by atoms with Gasteiger partial charge < -0.3 is 10.0 Å². The number of rotatable bonds is 2. The van der Waals surface area contributed by atoms with Gasteiger partial charge in [-0.3, -0.25) is 4.79 Å². The predicted octanol–water partition coefficient (Wildman–Crippen LogP) is 3.51. The molecule has 1 amide bonds. The SMILES string of the molecule is Cc1ccc(C(=O)N2C(C(=O)O)CC3CCCCC32)c(Cl)c1. The van der Waals surface area contributed by atoms with E-state index in [4.69, 9.17) is 11.6 Å². The third-order valence-electron chi connectivity index (χ3n) is 4.96. The molecule has 1 N–H and O–H groups in total. The second kappa shape index (κ2) is 5.92. The molecule has 1 aromatic rings. The zero-order valence-electron chi connectivity index (χ0n) is 12.6. The highest BCUT2D eigenvalue weighted by Gasteiger charge is 2.47. The molecule has 0 radical (unpaired) electrons. The molecule has 2 fully saturated rings. The number of carbonyl (C=O) groups is 2. The average molecular weight is 322 g/mol. The van der Waals surface area contributed by atoms with E-state index in [1.807, 2.05) is 13.0 Å². The van der Waals surface area contributed by atoms with Crippen molar-refractivity contribution in [2.24, 2.45) is 5.92 Å². The third-order valence-corrected chi connectivity index (χ3v) is 5.28. The normalized spacial score (nSPS) is 27.5. The van der Waals surface area contributed by atoms with Crippen LogP contribution in [0.25, 0.3) is 0 Å². The zero-order chi connectivity index (χ0) is 15.9. The topological polar surface area (TPSA) is 57.6 Å². The second-order valence-corrected chi connectivity index (χ2v) is 6.80. The van der Waals surface area contributed by atoms with Crippen molar-refractivity contribution in [1.82, 2.24) is 4.90 Å². The van der Waals surface area contributed by atoms with Crippen molar-refractivity contribution in [2.45, 2.75) is 51.1 Å². The van der Waals surface area contributed by atoms with E-state index in [9.17, 15) is 14.7 Å². The van der Waals surface area contributed by atoms with Gasteiger partial charge in [0.25, 0.3) is 5.91 Å². The number of carbonyl (C=O) groups excluding carboxylic acids is 1. The van der Waals surface area contributed by atoms with Gasteiger partial charge in [0.2, 0.25) is 0 Å². The first-order chi connectivity index (χ1) is 10.5. The van der Waals surface area contributed by atoms with Gasteiger partial charge in [-0.1, -0.05) is 30.5 Å². The zero-order valence-corrected chi connectivity index (χ0v) is 13.3. The Morgan fingerprint density at radius 2 is 2.00 bits per heavy atom. The monoisotopic (exact) mass is 321 g/mol. The summed E-state index contributed by atoms with van der Waals surface area (Å²) < 4.78 is 0. The molecule has 1 aliphatic carbocycles. The summed E-state index contributed by atoms with van der Waals surface area (Å²) in [7, 11) is 0. The Kier molecular flexibility index (Phi) is 4.13. The molecule has 0 spiro atoms. The number of likely N-dealkylation sites (tertiary alicyclic amines) is 1. The number of benzene rings is 1. The van der Waals surface area contributed by atoms with Crippen LogP contribution in [-0.2, 0) is 4.79 Å². The van der Waals surface area contributed by atoms with E-state index in [1.54, 1.807) is 17.0 Å². The highest BCUT2D eigenvalue weighted by molar-refractivity contribution is 6.34. The van der Waals surface area contributed by atoms with E-state index in [1.165, 1.54) is 0 Å². The van der Waals surface area contributed by atoms with E-state index < -0.39 is 12.0 Å². The van der Waals surface area contributed by atoms with E-state index in [2.05, 4.69) is 0 Å².